The van der Waals surface area contributed by atoms with E-state index in [0.29, 0.717) is 17.4 Å². The van der Waals surface area contributed by atoms with Gasteiger partial charge >= 0.3 is 0 Å². The first-order chi connectivity index (χ1) is 12.6. The van der Waals surface area contributed by atoms with Crippen LogP contribution in [-0.2, 0) is 6.42 Å². The standard InChI is InChI=1S/C21H22O5/c1-24-14-7-5-13(6-8-14)18-10-16(22)20-17(23)11-19(25-2)15(21(20)26-18)9-12-3-4-12/h5-8,11-12,18,23H,3-4,9-10H2,1-2H3. The quantitative estimate of drug-likeness (QED) is 0.877. The van der Waals surface area contributed by atoms with Crippen molar-refractivity contribution in [1.29, 1.82) is 0 Å². The fourth-order valence-electron chi connectivity index (χ4n) is 3.51. The number of phenols is 1. The SMILES string of the molecule is COc1ccc(C2CC(=O)c3c(O)cc(OC)c(CC4CC4)c3O2)cc1. The van der Waals surface area contributed by atoms with Gasteiger partial charge in [0.15, 0.2) is 5.78 Å². The van der Waals surface area contributed by atoms with Gasteiger partial charge in [0, 0.05) is 11.6 Å². The number of rotatable bonds is 5. The Bertz CT molecular complexity index is 836. The van der Waals surface area contributed by atoms with Crippen molar-refractivity contribution in [3.63, 3.8) is 0 Å². The Labute approximate surface area is 152 Å². The molecule has 0 saturated heterocycles. The van der Waals surface area contributed by atoms with E-state index in [1.807, 2.05) is 24.3 Å². The van der Waals surface area contributed by atoms with Crippen LogP contribution in [0.15, 0.2) is 30.3 Å². The Morgan fingerprint density at radius 1 is 1.15 bits per heavy atom. The molecular weight excluding hydrogens is 332 g/mol. The van der Waals surface area contributed by atoms with Crippen LogP contribution in [0, 0.1) is 5.92 Å². The van der Waals surface area contributed by atoms with E-state index in [2.05, 4.69) is 0 Å². The number of ether oxygens (including phenoxy) is 3. The molecule has 1 N–H and O–H groups in total. The van der Waals surface area contributed by atoms with Crippen LogP contribution in [0.3, 0.4) is 0 Å². The fourth-order valence-corrected chi connectivity index (χ4v) is 3.51. The first-order valence-electron chi connectivity index (χ1n) is 8.87. The zero-order valence-electron chi connectivity index (χ0n) is 15.0. The minimum Gasteiger partial charge on any atom is -0.507 e. The average Bonchev–Trinajstić information content (AvgIpc) is 3.47. The normalized spacial score (nSPS) is 18.8. The van der Waals surface area contributed by atoms with Gasteiger partial charge in [-0.2, -0.15) is 0 Å². The Morgan fingerprint density at radius 2 is 1.88 bits per heavy atom. The molecule has 136 valence electrons. The summed E-state index contributed by atoms with van der Waals surface area (Å²) >= 11 is 0. The van der Waals surface area contributed by atoms with Crippen LogP contribution in [0.25, 0.3) is 0 Å². The molecule has 0 bridgehead atoms. The van der Waals surface area contributed by atoms with Crippen molar-refractivity contribution in [2.45, 2.75) is 31.8 Å². The lowest BCUT2D eigenvalue weighted by atomic mass is 9.92. The second-order valence-electron chi connectivity index (χ2n) is 6.94. The molecule has 2 aliphatic rings. The Kier molecular flexibility index (Phi) is 4.23. The second kappa shape index (κ2) is 6.56. The van der Waals surface area contributed by atoms with Gasteiger partial charge in [-0.3, -0.25) is 4.79 Å². The molecule has 26 heavy (non-hydrogen) atoms. The molecule has 1 aliphatic heterocycles. The molecule has 0 radical (unpaired) electrons. The lowest BCUT2D eigenvalue weighted by Gasteiger charge is -2.29. The van der Waals surface area contributed by atoms with Gasteiger partial charge in [0.05, 0.1) is 20.6 Å². The van der Waals surface area contributed by atoms with Gasteiger partial charge < -0.3 is 19.3 Å². The maximum atomic E-state index is 12.8. The first-order valence-corrected chi connectivity index (χ1v) is 8.87. The van der Waals surface area contributed by atoms with Crippen molar-refractivity contribution in [3.05, 3.63) is 47.0 Å². The van der Waals surface area contributed by atoms with Crippen LogP contribution < -0.4 is 14.2 Å². The molecular formula is C21H22O5. The molecule has 1 fully saturated rings. The summed E-state index contributed by atoms with van der Waals surface area (Å²) in [6.45, 7) is 0. The molecule has 1 unspecified atom stereocenters. The zero-order valence-corrected chi connectivity index (χ0v) is 15.0. The molecule has 4 rings (SSSR count). The van der Waals surface area contributed by atoms with E-state index in [0.717, 1.165) is 23.3 Å². The molecule has 2 aromatic carbocycles. The largest absolute Gasteiger partial charge is 0.507 e. The second-order valence-corrected chi connectivity index (χ2v) is 6.94. The third-order valence-electron chi connectivity index (χ3n) is 5.13. The van der Waals surface area contributed by atoms with Crippen molar-refractivity contribution in [2.24, 2.45) is 5.92 Å². The number of methoxy groups -OCH3 is 2. The number of benzene rings is 2. The van der Waals surface area contributed by atoms with E-state index >= 15 is 0 Å². The number of carbonyl (C=O) groups excluding carboxylic acids is 1. The number of hydrogen-bond acceptors (Lipinski definition) is 5. The highest BCUT2D eigenvalue weighted by Gasteiger charge is 2.35. The topological polar surface area (TPSA) is 65.0 Å². The molecule has 1 saturated carbocycles. The van der Waals surface area contributed by atoms with E-state index in [9.17, 15) is 9.90 Å². The van der Waals surface area contributed by atoms with Gasteiger partial charge in [-0.05, 0) is 42.9 Å². The maximum absolute atomic E-state index is 12.8. The summed E-state index contributed by atoms with van der Waals surface area (Å²) < 4.78 is 16.9. The molecule has 0 spiro atoms. The van der Waals surface area contributed by atoms with Gasteiger partial charge in [-0.25, -0.2) is 0 Å². The summed E-state index contributed by atoms with van der Waals surface area (Å²) in [5.74, 6) is 2.23. The molecule has 0 amide bonds. The summed E-state index contributed by atoms with van der Waals surface area (Å²) in [6.07, 6.45) is 2.96. The summed E-state index contributed by atoms with van der Waals surface area (Å²) in [5.41, 5.74) is 2.07. The minimum atomic E-state index is -0.384. The van der Waals surface area contributed by atoms with Crippen molar-refractivity contribution in [1.82, 2.24) is 0 Å². The molecule has 1 aliphatic carbocycles. The van der Waals surface area contributed by atoms with Gasteiger partial charge in [0.2, 0.25) is 0 Å². The molecule has 5 nitrogen and oxygen atoms in total. The third kappa shape index (κ3) is 2.98. The maximum Gasteiger partial charge on any atom is 0.174 e. The predicted molar refractivity (Wildman–Crippen MR) is 96.4 cm³/mol. The number of hydrogen-bond donors (Lipinski definition) is 1. The van der Waals surface area contributed by atoms with E-state index in [-0.39, 0.29) is 29.6 Å². The van der Waals surface area contributed by atoms with Gasteiger partial charge in [-0.15, -0.1) is 0 Å². The minimum absolute atomic E-state index is 0.0745. The van der Waals surface area contributed by atoms with Crippen molar-refractivity contribution < 1.29 is 24.1 Å². The van der Waals surface area contributed by atoms with Crippen LogP contribution in [0.4, 0.5) is 0 Å². The highest BCUT2D eigenvalue weighted by Crippen LogP contribution is 2.48. The van der Waals surface area contributed by atoms with Crippen LogP contribution in [-0.4, -0.2) is 25.1 Å². The lowest BCUT2D eigenvalue weighted by Crippen LogP contribution is -2.22. The number of ketones is 1. The van der Waals surface area contributed by atoms with E-state index in [4.69, 9.17) is 14.2 Å². The first kappa shape index (κ1) is 16.8. The third-order valence-corrected chi connectivity index (χ3v) is 5.13. The average molecular weight is 354 g/mol. The van der Waals surface area contributed by atoms with Crippen LogP contribution >= 0.6 is 0 Å². The van der Waals surface area contributed by atoms with E-state index in [1.54, 1.807) is 14.2 Å². The van der Waals surface area contributed by atoms with E-state index in [1.165, 1.54) is 18.9 Å². The lowest BCUT2D eigenvalue weighted by molar-refractivity contribution is 0.0841. The van der Waals surface area contributed by atoms with Crippen LogP contribution in [0.2, 0.25) is 0 Å². The Balaban J connectivity index is 1.75. The summed E-state index contributed by atoms with van der Waals surface area (Å²) in [4.78, 5) is 12.8. The van der Waals surface area contributed by atoms with Gasteiger partial charge in [-0.1, -0.05) is 12.1 Å². The van der Waals surface area contributed by atoms with E-state index < -0.39 is 0 Å². The monoisotopic (exact) mass is 354 g/mol. The molecule has 1 atom stereocenters. The molecule has 2 aromatic rings. The van der Waals surface area contributed by atoms with Crippen LogP contribution in [0.5, 0.6) is 23.0 Å². The predicted octanol–water partition coefficient (Wildman–Crippen LogP) is 4.07. The van der Waals surface area contributed by atoms with Crippen molar-refractivity contribution >= 4 is 5.78 Å². The zero-order chi connectivity index (χ0) is 18.3. The van der Waals surface area contributed by atoms with Gasteiger partial charge in [0.25, 0.3) is 0 Å². The number of aromatic hydroxyl groups is 1. The van der Waals surface area contributed by atoms with Gasteiger partial charge in [0.1, 0.15) is 34.7 Å². The number of carbonyl (C=O) groups is 1. The highest BCUT2D eigenvalue weighted by atomic mass is 16.5. The van der Waals surface area contributed by atoms with Crippen molar-refractivity contribution in [2.75, 3.05) is 14.2 Å². The summed E-state index contributed by atoms with van der Waals surface area (Å²) in [7, 11) is 3.19. The van der Waals surface area contributed by atoms with Crippen molar-refractivity contribution in [3.8, 4) is 23.0 Å². The van der Waals surface area contributed by atoms with Crippen LogP contribution in [0.1, 0.15) is 46.9 Å². The number of fused-ring (bicyclic) bond motifs is 1. The number of Topliss-reactive ketones (excluding diaryl/α,β-unsaturated/α-hetero) is 1. The Morgan fingerprint density at radius 3 is 2.50 bits per heavy atom. The molecule has 5 heteroatoms. The summed E-state index contributed by atoms with van der Waals surface area (Å²) in [5, 5.41) is 10.3. The summed E-state index contributed by atoms with van der Waals surface area (Å²) in [6, 6.07) is 9.05. The molecule has 1 heterocycles. The molecule has 0 aromatic heterocycles. The smallest absolute Gasteiger partial charge is 0.174 e. The fraction of sp³-hybridized carbons (Fsp3) is 0.381. The highest BCUT2D eigenvalue weighted by molar-refractivity contribution is 6.03. The Hall–Kier alpha value is -2.69. The number of phenolic OH excluding ortho intramolecular Hbond substituents is 1.